The van der Waals surface area contributed by atoms with E-state index in [1.807, 2.05) is 0 Å². The first kappa shape index (κ1) is 20.0. The number of carbonyl (C=O) groups excluding carboxylic acids is 3. The van der Waals surface area contributed by atoms with Crippen molar-refractivity contribution in [3.8, 4) is 0 Å². The minimum absolute atomic E-state index is 0.0673. The Morgan fingerprint density at radius 2 is 1.96 bits per heavy atom. The lowest BCUT2D eigenvalue weighted by Gasteiger charge is -2.29. The summed E-state index contributed by atoms with van der Waals surface area (Å²) in [6.07, 6.45) is 6.88. The minimum Gasteiger partial charge on any atom is -0.452 e. The first-order chi connectivity index (χ1) is 12.5. The zero-order chi connectivity index (χ0) is 18.9. The lowest BCUT2D eigenvalue weighted by Crippen LogP contribution is -2.48. The van der Waals surface area contributed by atoms with Gasteiger partial charge in [-0.2, -0.15) is 0 Å². The summed E-state index contributed by atoms with van der Waals surface area (Å²) >= 11 is 5.97. The lowest BCUT2D eigenvalue weighted by molar-refractivity contribution is -0.143. The van der Waals surface area contributed by atoms with Crippen LogP contribution >= 0.6 is 11.6 Å². The predicted molar refractivity (Wildman–Crippen MR) is 99.5 cm³/mol. The van der Waals surface area contributed by atoms with Crippen LogP contribution < -0.4 is 10.6 Å². The monoisotopic (exact) mass is 378 g/mol. The number of esters is 1. The average molecular weight is 379 g/mol. The third-order valence-electron chi connectivity index (χ3n) is 4.33. The molecule has 140 valence electrons. The molecule has 1 fully saturated rings. The smallest absolute Gasteiger partial charge is 0.331 e. The highest BCUT2D eigenvalue weighted by atomic mass is 35.5. The SMILES string of the molecule is C[C@@H]1CCCC[C@@H]1NC(=O)NC(=O)COC(=O)/C=C/c1ccccc1Cl. The summed E-state index contributed by atoms with van der Waals surface area (Å²) in [5, 5.41) is 5.48. The maximum Gasteiger partial charge on any atom is 0.331 e. The van der Waals surface area contributed by atoms with Gasteiger partial charge in [0.25, 0.3) is 5.91 Å². The van der Waals surface area contributed by atoms with E-state index in [1.54, 1.807) is 24.3 Å². The van der Waals surface area contributed by atoms with Crippen LogP contribution in [0.4, 0.5) is 4.79 Å². The Hall–Kier alpha value is -2.34. The summed E-state index contributed by atoms with van der Waals surface area (Å²) in [7, 11) is 0. The van der Waals surface area contributed by atoms with E-state index in [0.29, 0.717) is 16.5 Å². The number of hydrogen-bond donors (Lipinski definition) is 2. The van der Waals surface area contributed by atoms with Gasteiger partial charge in [-0.15, -0.1) is 0 Å². The Morgan fingerprint density at radius 3 is 2.69 bits per heavy atom. The van der Waals surface area contributed by atoms with Crippen LogP contribution in [0, 0.1) is 5.92 Å². The molecule has 2 rings (SSSR count). The number of amides is 3. The second kappa shape index (κ2) is 9.97. The van der Waals surface area contributed by atoms with Gasteiger partial charge in [-0.3, -0.25) is 10.1 Å². The van der Waals surface area contributed by atoms with Crippen molar-refractivity contribution in [2.75, 3.05) is 6.61 Å². The number of nitrogens with one attached hydrogen (secondary N) is 2. The van der Waals surface area contributed by atoms with Crippen molar-refractivity contribution in [1.29, 1.82) is 0 Å². The zero-order valence-electron chi connectivity index (χ0n) is 14.7. The average Bonchev–Trinajstić information content (AvgIpc) is 2.61. The topological polar surface area (TPSA) is 84.5 Å². The Balaban J connectivity index is 1.71. The van der Waals surface area contributed by atoms with E-state index in [9.17, 15) is 14.4 Å². The molecular formula is C19H23ClN2O4. The molecule has 1 aromatic rings. The highest BCUT2D eigenvalue weighted by Gasteiger charge is 2.23. The van der Waals surface area contributed by atoms with E-state index >= 15 is 0 Å². The molecule has 0 bridgehead atoms. The van der Waals surface area contributed by atoms with Gasteiger partial charge < -0.3 is 10.1 Å². The number of halogens is 1. The Kier molecular flexibility index (Phi) is 7.66. The number of benzene rings is 1. The largest absolute Gasteiger partial charge is 0.452 e. The number of ether oxygens (including phenoxy) is 1. The first-order valence-electron chi connectivity index (χ1n) is 8.65. The number of imide groups is 1. The van der Waals surface area contributed by atoms with Gasteiger partial charge in [-0.05, 0) is 36.5 Å². The summed E-state index contributed by atoms with van der Waals surface area (Å²) in [5.74, 6) is -0.982. The van der Waals surface area contributed by atoms with Crippen molar-refractivity contribution >= 4 is 35.6 Å². The fourth-order valence-electron chi connectivity index (χ4n) is 2.85. The van der Waals surface area contributed by atoms with Crippen LogP contribution in [-0.2, 0) is 14.3 Å². The zero-order valence-corrected chi connectivity index (χ0v) is 15.4. The second-order valence-electron chi connectivity index (χ2n) is 6.35. The van der Waals surface area contributed by atoms with Crippen LogP contribution in [0.5, 0.6) is 0 Å². The van der Waals surface area contributed by atoms with Gasteiger partial charge in [-0.25, -0.2) is 9.59 Å². The normalized spacial score (nSPS) is 19.8. The van der Waals surface area contributed by atoms with Crippen LogP contribution in [0.1, 0.15) is 38.2 Å². The number of rotatable bonds is 5. The van der Waals surface area contributed by atoms with Crippen LogP contribution in [0.2, 0.25) is 5.02 Å². The van der Waals surface area contributed by atoms with Crippen molar-refractivity contribution in [1.82, 2.24) is 10.6 Å². The molecule has 3 amide bonds. The molecule has 2 atom stereocenters. The Morgan fingerprint density at radius 1 is 1.23 bits per heavy atom. The highest BCUT2D eigenvalue weighted by Crippen LogP contribution is 2.23. The van der Waals surface area contributed by atoms with E-state index in [2.05, 4.69) is 17.6 Å². The van der Waals surface area contributed by atoms with E-state index in [1.165, 1.54) is 12.2 Å². The molecule has 1 aliphatic rings. The summed E-state index contributed by atoms with van der Waals surface area (Å²) in [6.45, 7) is 1.55. The van der Waals surface area contributed by atoms with E-state index < -0.39 is 24.5 Å². The number of carbonyl (C=O) groups is 3. The van der Waals surface area contributed by atoms with Crippen molar-refractivity contribution < 1.29 is 19.1 Å². The molecule has 0 heterocycles. The Labute approximate surface area is 157 Å². The summed E-state index contributed by atoms with van der Waals surface area (Å²) in [6, 6.07) is 6.52. The summed E-state index contributed by atoms with van der Waals surface area (Å²) < 4.78 is 4.82. The molecule has 2 N–H and O–H groups in total. The van der Waals surface area contributed by atoms with Gasteiger partial charge in [-0.1, -0.05) is 49.6 Å². The molecule has 0 unspecified atom stereocenters. The lowest BCUT2D eigenvalue weighted by atomic mass is 9.86. The molecule has 26 heavy (non-hydrogen) atoms. The van der Waals surface area contributed by atoms with Crippen LogP contribution in [0.25, 0.3) is 6.08 Å². The fourth-order valence-corrected chi connectivity index (χ4v) is 3.05. The quantitative estimate of drug-likeness (QED) is 0.608. The minimum atomic E-state index is -0.693. The van der Waals surface area contributed by atoms with Gasteiger partial charge in [0.05, 0.1) is 0 Å². The van der Waals surface area contributed by atoms with E-state index in [-0.39, 0.29) is 6.04 Å². The molecule has 0 spiro atoms. The van der Waals surface area contributed by atoms with Gasteiger partial charge in [0.1, 0.15) is 0 Å². The molecule has 0 aliphatic heterocycles. The molecule has 0 radical (unpaired) electrons. The molecule has 0 saturated heterocycles. The molecule has 1 aromatic carbocycles. The highest BCUT2D eigenvalue weighted by molar-refractivity contribution is 6.32. The maximum atomic E-state index is 11.8. The fraction of sp³-hybridized carbons (Fsp3) is 0.421. The van der Waals surface area contributed by atoms with E-state index in [0.717, 1.165) is 25.7 Å². The second-order valence-corrected chi connectivity index (χ2v) is 6.76. The van der Waals surface area contributed by atoms with Gasteiger partial charge in [0.2, 0.25) is 0 Å². The molecular weight excluding hydrogens is 356 g/mol. The van der Waals surface area contributed by atoms with Crippen molar-refractivity contribution in [3.05, 3.63) is 40.9 Å². The van der Waals surface area contributed by atoms with Gasteiger partial charge in [0, 0.05) is 17.1 Å². The molecule has 1 aliphatic carbocycles. The maximum absolute atomic E-state index is 11.8. The Bertz CT molecular complexity index is 690. The molecule has 7 heteroatoms. The third kappa shape index (κ3) is 6.52. The molecule has 6 nitrogen and oxygen atoms in total. The predicted octanol–water partition coefficient (Wildman–Crippen LogP) is 3.30. The van der Waals surface area contributed by atoms with Crippen molar-refractivity contribution in [2.24, 2.45) is 5.92 Å². The van der Waals surface area contributed by atoms with Gasteiger partial charge >= 0.3 is 12.0 Å². The number of hydrogen-bond acceptors (Lipinski definition) is 4. The van der Waals surface area contributed by atoms with Crippen LogP contribution in [0.3, 0.4) is 0 Å². The van der Waals surface area contributed by atoms with Crippen molar-refractivity contribution in [3.63, 3.8) is 0 Å². The third-order valence-corrected chi connectivity index (χ3v) is 4.67. The standard InChI is InChI=1S/C19H23ClN2O4/c1-13-6-2-5-9-16(13)21-19(25)22-17(23)12-26-18(24)11-10-14-7-3-4-8-15(14)20/h3-4,7-8,10-11,13,16H,2,5-6,9,12H2,1H3,(H2,21,22,23,25)/b11-10+/t13-,16+/m1/s1. The van der Waals surface area contributed by atoms with Crippen molar-refractivity contribution in [2.45, 2.75) is 38.6 Å². The van der Waals surface area contributed by atoms with Gasteiger partial charge in [0.15, 0.2) is 6.61 Å². The summed E-state index contributed by atoms with van der Waals surface area (Å²) in [5.41, 5.74) is 0.663. The van der Waals surface area contributed by atoms with Crippen LogP contribution in [-0.4, -0.2) is 30.6 Å². The summed E-state index contributed by atoms with van der Waals surface area (Å²) in [4.78, 5) is 35.2. The molecule has 1 saturated carbocycles. The van der Waals surface area contributed by atoms with Crippen LogP contribution in [0.15, 0.2) is 30.3 Å². The number of urea groups is 1. The van der Waals surface area contributed by atoms with E-state index in [4.69, 9.17) is 16.3 Å². The molecule has 0 aromatic heterocycles. The first-order valence-corrected chi connectivity index (χ1v) is 9.03.